The molecule has 3 nitrogen and oxygen atoms in total. The van der Waals surface area contributed by atoms with Crippen molar-refractivity contribution in [1.82, 2.24) is 0 Å². The number of fused-ring (bicyclic) bond motifs is 1. The molecule has 0 fully saturated rings. The molecule has 1 N–H and O–H groups in total. The Hall–Kier alpha value is -1.46. The summed E-state index contributed by atoms with van der Waals surface area (Å²) in [7, 11) is 0. The van der Waals surface area contributed by atoms with Crippen LogP contribution in [-0.4, -0.2) is 16.7 Å². The number of hydrogen-bond donors (Lipinski definition) is 1. The van der Waals surface area contributed by atoms with E-state index in [4.69, 9.17) is 4.74 Å². The van der Waals surface area contributed by atoms with E-state index in [0.29, 0.717) is 15.6 Å². The maximum Gasteiger partial charge on any atom is 0.346 e. The van der Waals surface area contributed by atoms with Crippen LogP contribution in [0.25, 0.3) is 10.1 Å². The van der Waals surface area contributed by atoms with Gasteiger partial charge >= 0.3 is 5.97 Å². The minimum Gasteiger partial charge on any atom is -0.477 e. The van der Waals surface area contributed by atoms with Gasteiger partial charge in [0.2, 0.25) is 0 Å². The number of hydrogen-bond acceptors (Lipinski definition) is 3. The van der Waals surface area contributed by atoms with Gasteiger partial charge in [-0.2, -0.15) is 0 Å². The molecule has 108 valence electrons. The van der Waals surface area contributed by atoms with Crippen molar-refractivity contribution in [2.45, 2.75) is 39.4 Å². The minimum absolute atomic E-state index is 0.101. The Morgan fingerprint density at radius 2 is 2.15 bits per heavy atom. The quantitative estimate of drug-likeness (QED) is 0.887. The Balaban J connectivity index is 2.49. The second-order valence-electron chi connectivity index (χ2n) is 5.23. The molecule has 0 bridgehead atoms. The number of ether oxygens (including phenoxy) is 1. The Bertz CT molecular complexity index is 646. The third kappa shape index (κ3) is 2.83. The molecular weight excluding hydrogens is 279 g/mol. The summed E-state index contributed by atoms with van der Waals surface area (Å²) in [6.45, 7) is 5.95. The smallest absolute Gasteiger partial charge is 0.346 e. The number of aromatic carboxylic acids is 1. The summed E-state index contributed by atoms with van der Waals surface area (Å²) >= 11 is 1.08. The van der Waals surface area contributed by atoms with Crippen LogP contribution < -0.4 is 0 Å². The molecule has 0 radical (unpaired) electrons. The highest BCUT2D eigenvalue weighted by Crippen LogP contribution is 2.34. The summed E-state index contributed by atoms with van der Waals surface area (Å²) in [6, 6.07) is 4.65. The van der Waals surface area contributed by atoms with Crippen LogP contribution >= 0.6 is 11.3 Å². The van der Waals surface area contributed by atoms with Gasteiger partial charge in [-0.25, -0.2) is 9.18 Å². The average Bonchev–Trinajstić information content (AvgIpc) is 2.77. The van der Waals surface area contributed by atoms with E-state index >= 15 is 0 Å². The van der Waals surface area contributed by atoms with E-state index in [1.54, 1.807) is 12.1 Å². The molecule has 1 heterocycles. The monoisotopic (exact) mass is 296 g/mol. The van der Waals surface area contributed by atoms with E-state index < -0.39 is 11.8 Å². The number of carboxylic acid groups (broad SMARTS) is 1. The fraction of sp³-hybridized carbons (Fsp3) is 0.400. The largest absolute Gasteiger partial charge is 0.477 e. The topological polar surface area (TPSA) is 46.5 Å². The number of thiophene rings is 1. The summed E-state index contributed by atoms with van der Waals surface area (Å²) in [5.41, 5.74) is 0.0621. The number of rotatable bonds is 5. The molecule has 2 rings (SSSR count). The lowest BCUT2D eigenvalue weighted by atomic mass is 10.1. The lowest BCUT2D eigenvalue weighted by Gasteiger charge is -2.23. The molecule has 0 atom stereocenters. The Morgan fingerprint density at radius 3 is 2.75 bits per heavy atom. The zero-order chi connectivity index (χ0) is 14.9. The lowest BCUT2D eigenvalue weighted by Crippen LogP contribution is -2.23. The van der Waals surface area contributed by atoms with Crippen molar-refractivity contribution in [3.05, 3.63) is 34.5 Å². The second-order valence-corrected chi connectivity index (χ2v) is 6.28. The molecule has 2 aromatic rings. The maximum absolute atomic E-state index is 14.0. The maximum atomic E-state index is 14.0. The summed E-state index contributed by atoms with van der Waals surface area (Å²) in [4.78, 5) is 11.5. The van der Waals surface area contributed by atoms with Gasteiger partial charge in [0, 0.05) is 15.6 Å². The Kier molecular flexibility index (Phi) is 4.11. The van der Waals surface area contributed by atoms with Crippen molar-refractivity contribution in [2.75, 3.05) is 0 Å². The first-order chi connectivity index (χ1) is 9.35. The van der Waals surface area contributed by atoms with Gasteiger partial charge in [-0.15, -0.1) is 11.3 Å². The molecule has 0 aliphatic heterocycles. The SMILES string of the molecule is CCC(C)(C)OCc1c(C(=O)O)sc2cccc(F)c12. The van der Waals surface area contributed by atoms with Crippen LogP contribution in [0.5, 0.6) is 0 Å². The van der Waals surface area contributed by atoms with E-state index in [9.17, 15) is 14.3 Å². The fourth-order valence-corrected chi connectivity index (χ4v) is 2.91. The third-order valence-electron chi connectivity index (χ3n) is 3.42. The van der Waals surface area contributed by atoms with Gasteiger partial charge in [0.15, 0.2) is 0 Å². The van der Waals surface area contributed by atoms with Crippen molar-refractivity contribution in [3.8, 4) is 0 Å². The first kappa shape index (κ1) is 14.9. The van der Waals surface area contributed by atoms with Crippen LogP contribution in [0.1, 0.15) is 42.4 Å². The first-order valence-corrected chi connectivity index (χ1v) is 7.24. The minimum atomic E-state index is -1.04. The van der Waals surface area contributed by atoms with Crippen molar-refractivity contribution in [2.24, 2.45) is 0 Å². The molecule has 5 heteroatoms. The molecular formula is C15H17FO3S. The molecule has 0 aliphatic carbocycles. The van der Waals surface area contributed by atoms with E-state index in [1.165, 1.54) is 6.07 Å². The normalized spacial score (nSPS) is 12.0. The molecule has 20 heavy (non-hydrogen) atoms. The van der Waals surface area contributed by atoms with E-state index in [1.807, 2.05) is 20.8 Å². The molecule has 1 aromatic heterocycles. The van der Waals surface area contributed by atoms with E-state index in [-0.39, 0.29) is 17.1 Å². The van der Waals surface area contributed by atoms with Gasteiger partial charge in [0.1, 0.15) is 10.7 Å². The van der Waals surface area contributed by atoms with Crippen molar-refractivity contribution in [1.29, 1.82) is 0 Å². The van der Waals surface area contributed by atoms with Gasteiger partial charge in [0.05, 0.1) is 12.2 Å². The highest BCUT2D eigenvalue weighted by atomic mass is 32.1. The van der Waals surface area contributed by atoms with Gasteiger partial charge < -0.3 is 9.84 Å². The highest BCUT2D eigenvalue weighted by Gasteiger charge is 2.23. The standard InChI is InChI=1S/C15H17FO3S/c1-4-15(2,3)19-8-9-12-10(16)6-5-7-11(12)20-13(9)14(17)18/h5-7H,4,8H2,1-3H3,(H,17,18). The van der Waals surface area contributed by atoms with Crippen LogP contribution in [0.2, 0.25) is 0 Å². The van der Waals surface area contributed by atoms with Crippen LogP contribution in [0.3, 0.4) is 0 Å². The summed E-state index contributed by atoms with van der Waals surface area (Å²) in [5, 5.41) is 9.64. The van der Waals surface area contributed by atoms with Gasteiger partial charge in [-0.3, -0.25) is 0 Å². The number of halogens is 1. The van der Waals surface area contributed by atoms with Crippen LogP contribution in [-0.2, 0) is 11.3 Å². The molecule has 0 unspecified atom stereocenters. The van der Waals surface area contributed by atoms with Crippen molar-refractivity contribution in [3.63, 3.8) is 0 Å². The van der Waals surface area contributed by atoms with Crippen LogP contribution in [0, 0.1) is 5.82 Å². The number of carbonyl (C=O) groups is 1. The number of benzene rings is 1. The van der Waals surface area contributed by atoms with Gasteiger partial charge in [-0.05, 0) is 32.4 Å². The fourth-order valence-electron chi connectivity index (χ4n) is 1.85. The predicted molar refractivity (Wildman–Crippen MR) is 77.9 cm³/mol. The zero-order valence-electron chi connectivity index (χ0n) is 11.7. The lowest BCUT2D eigenvalue weighted by molar-refractivity contribution is -0.0314. The molecule has 0 aliphatic rings. The van der Waals surface area contributed by atoms with E-state index in [2.05, 4.69) is 0 Å². The van der Waals surface area contributed by atoms with Crippen LogP contribution in [0.4, 0.5) is 4.39 Å². The highest BCUT2D eigenvalue weighted by molar-refractivity contribution is 7.21. The molecule has 0 amide bonds. The third-order valence-corrected chi connectivity index (χ3v) is 4.60. The Morgan fingerprint density at radius 1 is 1.45 bits per heavy atom. The molecule has 1 aromatic carbocycles. The average molecular weight is 296 g/mol. The Labute approximate surface area is 121 Å². The van der Waals surface area contributed by atoms with Gasteiger partial charge in [-0.1, -0.05) is 13.0 Å². The molecule has 0 saturated carbocycles. The molecule has 0 saturated heterocycles. The summed E-state index contributed by atoms with van der Waals surface area (Å²) in [5.74, 6) is -1.45. The second kappa shape index (κ2) is 5.50. The summed E-state index contributed by atoms with van der Waals surface area (Å²) in [6.07, 6.45) is 0.792. The van der Waals surface area contributed by atoms with Gasteiger partial charge in [0.25, 0.3) is 0 Å². The predicted octanol–water partition coefficient (Wildman–Crippen LogP) is 4.44. The van der Waals surface area contributed by atoms with Crippen LogP contribution in [0.15, 0.2) is 18.2 Å². The number of carboxylic acids is 1. The zero-order valence-corrected chi connectivity index (χ0v) is 12.5. The first-order valence-electron chi connectivity index (χ1n) is 6.43. The van der Waals surface area contributed by atoms with Crippen molar-refractivity contribution >= 4 is 27.4 Å². The van der Waals surface area contributed by atoms with Crippen molar-refractivity contribution < 1.29 is 19.0 Å². The molecule has 0 spiro atoms. The van der Waals surface area contributed by atoms with E-state index in [0.717, 1.165) is 17.8 Å². The summed E-state index contributed by atoms with van der Waals surface area (Å²) < 4.78 is 20.4.